The van der Waals surface area contributed by atoms with E-state index in [-0.39, 0.29) is 5.91 Å². The van der Waals surface area contributed by atoms with E-state index in [1.165, 1.54) is 0 Å². The second-order valence-electron chi connectivity index (χ2n) is 3.83. The molecule has 0 saturated heterocycles. The highest BCUT2D eigenvalue weighted by atomic mass is 16.5. The van der Waals surface area contributed by atoms with Gasteiger partial charge in [-0.3, -0.25) is 9.80 Å². The third-order valence-corrected chi connectivity index (χ3v) is 2.25. The summed E-state index contributed by atoms with van der Waals surface area (Å²) in [7, 11) is 1.62. The Morgan fingerprint density at radius 2 is 2.38 bits per heavy atom. The molecule has 16 heavy (non-hydrogen) atoms. The first-order valence-electron chi connectivity index (χ1n) is 5.43. The van der Waals surface area contributed by atoms with Gasteiger partial charge in [-0.1, -0.05) is 0 Å². The van der Waals surface area contributed by atoms with Gasteiger partial charge in [0, 0.05) is 25.7 Å². The summed E-state index contributed by atoms with van der Waals surface area (Å²) in [6.45, 7) is 5.09. The number of hydrogen-bond donors (Lipinski definition) is 3. The monoisotopic (exact) mass is 228 g/mol. The van der Waals surface area contributed by atoms with E-state index in [2.05, 4.69) is 30.1 Å². The van der Waals surface area contributed by atoms with Gasteiger partial charge < -0.3 is 15.5 Å². The predicted molar refractivity (Wildman–Crippen MR) is 60.8 cm³/mol. The third kappa shape index (κ3) is 3.71. The highest BCUT2D eigenvalue weighted by Gasteiger charge is 2.17. The largest absolute Gasteiger partial charge is 0.375 e. The highest BCUT2D eigenvalue weighted by molar-refractivity contribution is 5.75. The molecule has 0 unspecified atom stereocenters. The van der Waals surface area contributed by atoms with Crippen LogP contribution in [0.25, 0.3) is 0 Å². The fraction of sp³-hybridized carbons (Fsp3) is 0.700. The Morgan fingerprint density at radius 3 is 3.00 bits per heavy atom. The fourth-order valence-corrected chi connectivity index (χ4v) is 1.37. The summed E-state index contributed by atoms with van der Waals surface area (Å²) in [5.41, 5.74) is 6.95. The van der Waals surface area contributed by atoms with Gasteiger partial charge in [-0.05, 0) is 13.8 Å². The Labute approximate surface area is 96.0 Å². The van der Waals surface area contributed by atoms with Gasteiger partial charge in [0.25, 0.3) is 0 Å². The van der Waals surface area contributed by atoms with Crippen molar-refractivity contribution < 1.29 is 9.53 Å². The van der Waals surface area contributed by atoms with Gasteiger partial charge >= 0.3 is 0 Å². The SMILES string of the molecule is CNC(=O)CCOCC1=CNNN1C(C)C. The maximum atomic E-state index is 10.9. The second-order valence-corrected chi connectivity index (χ2v) is 3.83. The van der Waals surface area contributed by atoms with Crippen LogP contribution in [0, 0.1) is 0 Å². The van der Waals surface area contributed by atoms with E-state index in [9.17, 15) is 4.79 Å². The third-order valence-electron chi connectivity index (χ3n) is 2.25. The van der Waals surface area contributed by atoms with Crippen molar-refractivity contribution in [3.63, 3.8) is 0 Å². The van der Waals surface area contributed by atoms with E-state index in [1.807, 2.05) is 11.2 Å². The molecule has 0 bridgehead atoms. The normalized spacial score (nSPS) is 15.0. The minimum Gasteiger partial charge on any atom is -0.375 e. The zero-order valence-corrected chi connectivity index (χ0v) is 10.0. The summed E-state index contributed by atoms with van der Waals surface area (Å²) in [5, 5.41) is 4.54. The molecule has 1 amide bonds. The number of amides is 1. The van der Waals surface area contributed by atoms with Gasteiger partial charge in [-0.15, -0.1) is 5.53 Å². The number of nitrogens with one attached hydrogen (secondary N) is 3. The number of nitrogens with zero attached hydrogens (tertiary/aromatic N) is 1. The molecular weight excluding hydrogens is 208 g/mol. The van der Waals surface area contributed by atoms with Gasteiger partial charge in [0.1, 0.15) is 0 Å². The molecule has 0 atom stereocenters. The number of ether oxygens (including phenoxy) is 1. The summed E-state index contributed by atoms with van der Waals surface area (Å²) in [6.07, 6.45) is 2.26. The molecule has 1 aliphatic heterocycles. The molecule has 0 saturated carbocycles. The summed E-state index contributed by atoms with van der Waals surface area (Å²) >= 11 is 0. The number of rotatable bonds is 6. The lowest BCUT2D eigenvalue weighted by Crippen LogP contribution is -2.42. The van der Waals surface area contributed by atoms with Crippen molar-refractivity contribution in [1.82, 2.24) is 21.3 Å². The molecule has 1 heterocycles. The Kier molecular flexibility index (Phi) is 5.07. The first-order chi connectivity index (χ1) is 7.65. The Bertz CT molecular complexity index is 266. The quantitative estimate of drug-likeness (QED) is 0.545. The van der Waals surface area contributed by atoms with Crippen LogP contribution in [-0.4, -0.2) is 37.2 Å². The maximum Gasteiger partial charge on any atom is 0.222 e. The molecule has 1 rings (SSSR count). The molecule has 3 N–H and O–H groups in total. The zero-order valence-electron chi connectivity index (χ0n) is 10.0. The van der Waals surface area contributed by atoms with Crippen LogP contribution < -0.4 is 16.3 Å². The Balaban J connectivity index is 2.20. The molecular formula is C10H20N4O2. The highest BCUT2D eigenvalue weighted by Crippen LogP contribution is 2.09. The van der Waals surface area contributed by atoms with Crippen LogP contribution in [0.4, 0.5) is 0 Å². The van der Waals surface area contributed by atoms with Crippen LogP contribution in [0.5, 0.6) is 0 Å². The Morgan fingerprint density at radius 1 is 1.62 bits per heavy atom. The lowest BCUT2D eigenvalue weighted by Gasteiger charge is -2.25. The van der Waals surface area contributed by atoms with E-state index < -0.39 is 0 Å². The number of hydrazine groups is 2. The fourth-order valence-electron chi connectivity index (χ4n) is 1.37. The molecule has 0 aliphatic carbocycles. The first kappa shape index (κ1) is 12.8. The maximum absolute atomic E-state index is 10.9. The van der Waals surface area contributed by atoms with Crippen molar-refractivity contribution in [2.75, 3.05) is 20.3 Å². The average molecular weight is 228 g/mol. The van der Waals surface area contributed by atoms with E-state index >= 15 is 0 Å². The summed E-state index contributed by atoms with van der Waals surface area (Å²) < 4.78 is 5.42. The van der Waals surface area contributed by atoms with Crippen molar-refractivity contribution in [3.8, 4) is 0 Å². The molecule has 0 aromatic heterocycles. The molecule has 6 nitrogen and oxygen atoms in total. The van der Waals surface area contributed by atoms with Crippen LogP contribution in [0.15, 0.2) is 11.9 Å². The minimum absolute atomic E-state index is 0.00244. The number of carbonyl (C=O) groups is 1. The molecule has 0 spiro atoms. The summed E-state index contributed by atoms with van der Waals surface area (Å²) in [5.74, 6) is -0.00244. The van der Waals surface area contributed by atoms with Gasteiger partial charge in [-0.2, -0.15) is 0 Å². The molecule has 0 radical (unpaired) electrons. The van der Waals surface area contributed by atoms with E-state index in [0.29, 0.717) is 25.7 Å². The van der Waals surface area contributed by atoms with Crippen molar-refractivity contribution in [2.45, 2.75) is 26.3 Å². The topological polar surface area (TPSA) is 65.6 Å². The van der Waals surface area contributed by atoms with Gasteiger partial charge in [-0.25, -0.2) is 0 Å². The molecule has 0 aromatic carbocycles. The lowest BCUT2D eigenvalue weighted by atomic mass is 10.3. The van der Waals surface area contributed by atoms with Gasteiger partial charge in [0.2, 0.25) is 5.91 Å². The van der Waals surface area contributed by atoms with Gasteiger partial charge in [0.05, 0.1) is 18.9 Å². The first-order valence-corrected chi connectivity index (χ1v) is 5.43. The minimum atomic E-state index is -0.00244. The number of hydrogen-bond acceptors (Lipinski definition) is 5. The molecule has 1 aliphatic rings. The van der Waals surface area contributed by atoms with Crippen LogP contribution in [0.1, 0.15) is 20.3 Å². The molecule has 0 fully saturated rings. The summed E-state index contributed by atoms with van der Waals surface area (Å²) in [4.78, 5) is 10.9. The van der Waals surface area contributed by atoms with E-state index in [0.717, 1.165) is 5.70 Å². The van der Waals surface area contributed by atoms with E-state index in [1.54, 1.807) is 7.05 Å². The van der Waals surface area contributed by atoms with Crippen LogP contribution >= 0.6 is 0 Å². The van der Waals surface area contributed by atoms with Gasteiger partial charge in [0.15, 0.2) is 0 Å². The predicted octanol–water partition coefficient (Wildman–Crippen LogP) is -0.286. The van der Waals surface area contributed by atoms with Crippen LogP contribution in [0.2, 0.25) is 0 Å². The second kappa shape index (κ2) is 6.34. The summed E-state index contributed by atoms with van der Waals surface area (Å²) in [6, 6.07) is 0.351. The standard InChI is InChI=1S/C10H20N4O2/c1-8(2)14-9(6-12-13-14)7-16-5-4-10(15)11-3/h6,8,12-13H,4-5,7H2,1-3H3,(H,11,15). The number of carbonyl (C=O) groups excluding carboxylic acids is 1. The van der Waals surface area contributed by atoms with E-state index in [4.69, 9.17) is 4.74 Å². The molecule has 0 aromatic rings. The zero-order chi connectivity index (χ0) is 12.0. The lowest BCUT2D eigenvalue weighted by molar-refractivity contribution is -0.121. The molecule has 6 heteroatoms. The van der Waals surface area contributed by atoms with Crippen molar-refractivity contribution in [2.24, 2.45) is 0 Å². The van der Waals surface area contributed by atoms with Crippen LogP contribution in [-0.2, 0) is 9.53 Å². The van der Waals surface area contributed by atoms with Crippen molar-refractivity contribution >= 4 is 5.91 Å². The smallest absolute Gasteiger partial charge is 0.222 e. The Hall–Kier alpha value is -1.27. The van der Waals surface area contributed by atoms with Crippen molar-refractivity contribution in [3.05, 3.63) is 11.9 Å². The van der Waals surface area contributed by atoms with Crippen LogP contribution in [0.3, 0.4) is 0 Å². The van der Waals surface area contributed by atoms with Crippen molar-refractivity contribution in [1.29, 1.82) is 0 Å². The average Bonchev–Trinajstić information content (AvgIpc) is 2.72. The molecule has 92 valence electrons.